The first-order valence-corrected chi connectivity index (χ1v) is 3.68. The molecule has 0 aliphatic heterocycles. The molecule has 0 spiro atoms. The molecule has 0 bridgehead atoms. The number of allylic oxidation sites excluding steroid dienone is 1. The molecule has 1 amide bonds. The Bertz CT molecular complexity index is 187. The van der Waals surface area contributed by atoms with Crippen molar-refractivity contribution in [3.05, 3.63) is 12.2 Å². The maximum Gasteiger partial charge on any atom is 0.307 e. The van der Waals surface area contributed by atoms with Crippen LogP contribution in [0.1, 0.15) is 13.3 Å². The van der Waals surface area contributed by atoms with E-state index in [1.807, 2.05) is 0 Å². The highest BCUT2D eigenvalue weighted by Crippen LogP contribution is 1.81. The Kier molecular flexibility index (Phi) is 5.69. The number of hydrogen-bond donors (Lipinski definition) is 1. The molecule has 0 heterocycles. The van der Waals surface area contributed by atoms with Crippen molar-refractivity contribution in [2.24, 2.45) is 0 Å². The molecule has 0 aliphatic rings. The summed E-state index contributed by atoms with van der Waals surface area (Å²) in [4.78, 5) is 21.3. The van der Waals surface area contributed by atoms with Crippen LogP contribution in [0.5, 0.6) is 0 Å². The van der Waals surface area contributed by atoms with Gasteiger partial charge in [0.25, 0.3) is 0 Å². The van der Waals surface area contributed by atoms with Crippen LogP contribution in [-0.4, -0.2) is 25.5 Å². The van der Waals surface area contributed by atoms with Gasteiger partial charge in [-0.15, -0.1) is 0 Å². The van der Waals surface area contributed by atoms with Gasteiger partial charge in [-0.05, 0) is 13.0 Å². The predicted molar refractivity (Wildman–Crippen MR) is 44.5 cm³/mol. The average Bonchev–Trinajstić information content (AvgIpc) is 2.04. The second-order valence-corrected chi connectivity index (χ2v) is 2.12. The Labute approximate surface area is 71.6 Å². The Morgan fingerprint density at radius 3 is 2.67 bits per heavy atom. The average molecular weight is 171 g/mol. The second kappa shape index (κ2) is 6.39. The van der Waals surface area contributed by atoms with E-state index in [2.05, 4.69) is 10.1 Å². The monoisotopic (exact) mass is 171 g/mol. The molecule has 4 heteroatoms. The minimum absolute atomic E-state index is 0.193. The minimum atomic E-state index is -0.323. The Morgan fingerprint density at radius 2 is 2.17 bits per heavy atom. The van der Waals surface area contributed by atoms with Crippen molar-refractivity contribution in [2.45, 2.75) is 13.3 Å². The van der Waals surface area contributed by atoms with Crippen molar-refractivity contribution >= 4 is 11.9 Å². The van der Waals surface area contributed by atoms with Crippen molar-refractivity contribution < 1.29 is 14.3 Å². The highest BCUT2D eigenvalue weighted by atomic mass is 16.5. The van der Waals surface area contributed by atoms with E-state index in [9.17, 15) is 9.59 Å². The SMILES string of the molecule is C/C=C\C(=O)NCCC(=O)OC. The lowest BCUT2D eigenvalue weighted by Gasteiger charge is -1.99. The van der Waals surface area contributed by atoms with Gasteiger partial charge in [-0.25, -0.2) is 0 Å². The van der Waals surface area contributed by atoms with Crippen LogP contribution >= 0.6 is 0 Å². The molecule has 0 rings (SSSR count). The lowest BCUT2D eigenvalue weighted by atomic mass is 10.4. The fraction of sp³-hybridized carbons (Fsp3) is 0.500. The van der Waals surface area contributed by atoms with Crippen LogP contribution in [0.4, 0.5) is 0 Å². The molecule has 0 radical (unpaired) electrons. The Hall–Kier alpha value is -1.32. The van der Waals surface area contributed by atoms with Gasteiger partial charge < -0.3 is 10.1 Å². The van der Waals surface area contributed by atoms with Crippen molar-refractivity contribution in [3.63, 3.8) is 0 Å². The van der Waals surface area contributed by atoms with Crippen LogP contribution in [0, 0.1) is 0 Å². The van der Waals surface area contributed by atoms with E-state index >= 15 is 0 Å². The van der Waals surface area contributed by atoms with E-state index in [0.29, 0.717) is 6.54 Å². The van der Waals surface area contributed by atoms with Gasteiger partial charge in [-0.2, -0.15) is 0 Å². The van der Waals surface area contributed by atoms with Gasteiger partial charge in [0.1, 0.15) is 0 Å². The van der Waals surface area contributed by atoms with Gasteiger partial charge in [0.2, 0.25) is 5.91 Å². The summed E-state index contributed by atoms with van der Waals surface area (Å²) >= 11 is 0. The number of hydrogen-bond acceptors (Lipinski definition) is 3. The smallest absolute Gasteiger partial charge is 0.307 e. The zero-order chi connectivity index (χ0) is 9.40. The van der Waals surface area contributed by atoms with Crippen molar-refractivity contribution in [1.29, 1.82) is 0 Å². The second-order valence-electron chi connectivity index (χ2n) is 2.12. The number of carbonyl (C=O) groups excluding carboxylic acids is 2. The summed E-state index contributed by atoms with van der Waals surface area (Å²) in [6.07, 6.45) is 3.24. The summed E-state index contributed by atoms with van der Waals surface area (Å²) in [5, 5.41) is 2.52. The van der Waals surface area contributed by atoms with Crippen LogP contribution in [-0.2, 0) is 14.3 Å². The van der Waals surface area contributed by atoms with Crippen LogP contribution in [0.25, 0.3) is 0 Å². The molecule has 0 aromatic heterocycles. The van der Waals surface area contributed by atoms with E-state index in [-0.39, 0.29) is 18.3 Å². The predicted octanol–water partition coefficient (Wildman–Crippen LogP) is 0.242. The normalized spacial score (nSPS) is 9.83. The topological polar surface area (TPSA) is 55.4 Å². The molecule has 0 atom stereocenters. The van der Waals surface area contributed by atoms with E-state index in [4.69, 9.17) is 0 Å². The maximum absolute atomic E-state index is 10.8. The molecular weight excluding hydrogens is 158 g/mol. The Morgan fingerprint density at radius 1 is 1.50 bits per heavy atom. The highest BCUT2D eigenvalue weighted by molar-refractivity contribution is 5.87. The van der Waals surface area contributed by atoms with Crippen molar-refractivity contribution in [3.8, 4) is 0 Å². The number of methoxy groups -OCH3 is 1. The molecule has 12 heavy (non-hydrogen) atoms. The number of esters is 1. The third-order valence-electron chi connectivity index (χ3n) is 1.17. The van der Waals surface area contributed by atoms with Crippen molar-refractivity contribution in [2.75, 3.05) is 13.7 Å². The fourth-order valence-corrected chi connectivity index (χ4v) is 0.600. The first-order valence-electron chi connectivity index (χ1n) is 3.68. The quantitative estimate of drug-likeness (QED) is 0.487. The van der Waals surface area contributed by atoms with E-state index < -0.39 is 0 Å². The molecule has 0 unspecified atom stereocenters. The van der Waals surface area contributed by atoms with E-state index in [1.165, 1.54) is 13.2 Å². The number of ether oxygens (including phenoxy) is 1. The van der Waals surface area contributed by atoms with E-state index in [1.54, 1.807) is 13.0 Å². The fourth-order valence-electron chi connectivity index (χ4n) is 0.600. The molecular formula is C8H13NO3. The summed E-state index contributed by atoms with van der Waals surface area (Å²) in [6, 6.07) is 0. The summed E-state index contributed by atoms with van der Waals surface area (Å²) < 4.78 is 4.38. The zero-order valence-electron chi connectivity index (χ0n) is 7.29. The van der Waals surface area contributed by atoms with Gasteiger partial charge in [0.05, 0.1) is 13.5 Å². The largest absolute Gasteiger partial charge is 0.469 e. The molecule has 4 nitrogen and oxygen atoms in total. The summed E-state index contributed by atoms with van der Waals surface area (Å²) in [6.45, 7) is 2.07. The molecule has 0 saturated heterocycles. The van der Waals surface area contributed by atoms with Crippen LogP contribution in [0.2, 0.25) is 0 Å². The number of amides is 1. The van der Waals surface area contributed by atoms with Crippen LogP contribution in [0.15, 0.2) is 12.2 Å². The summed E-state index contributed by atoms with van der Waals surface area (Å²) in [5.41, 5.74) is 0. The van der Waals surface area contributed by atoms with Gasteiger partial charge in [0.15, 0.2) is 0 Å². The van der Waals surface area contributed by atoms with Gasteiger partial charge >= 0.3 is 5.97 Å². The zero-order valence-corrected chi connectivity index (χ0v) is 7.29. The van der Waals surface area contributed by atoms with Gasteiger partial charge in [-0.3, -0.25) is 9.59 Å². The molecule has 1 N–H and O–H groups in total. The Balaban J connectivity index is 3.43. The summed E-state index contributed by atoms with van der Waals surface area (Å²) in [7, 11) is 1.32. The summed E-state index contributed by atoms with van der Waals surface area (Å²) in [5.74, 6) is -0.516. The minimum Gasteiger partial charge on any atom is -0.469 e. The first-order chi connectivity index (χ1) is 5.70. The van der Waals surface area contributed by atoms with Crippen LogP contribution in [0.3, 0.4) is 0 Å². The molecule has 0 saturated carbocycles. The molecule has 0 fully saturated rings. The standard InChI is InChI=1S/C8H13NO3/c1-3-4-7(10)9-6-5-8(11)12-2/h3-4H,5-6H2,1-2H3,(H,9,10)/b4-3-. The van der Waals surface area contributed by atoms with Gasteiger partial charge in [-0.1, -0.05) is 6.08 Å². The lowest BCUT2D eigenvalue weighted by molar-refractivity contribution is -0.140. The number of nitrogens with one attached hydrogen (secondary N) is 1. The third-order valence-corrected chi connectivity index (χ3v) is 1.17. The number of rotatable bonds is 4. The van der Waals surface area contributed by atoms with Gasteiger partial charge in [0, 0.05) is 6.54 Å². The molecule has 0 aromatic rings. The third kappa shape index (κ3) is 5.46. The highest BCUT2D eigenvalue weighted by Gasteiger charge is 1.99. The maximum atomic E-state index is 10.8. The first kappa shape index (κ1) is 10.7. The molecule has 0 aromatic carbocycles. The van der Waals surface area contributed by atoms with Crippen molar-refractivity contribution in [1.82, 2.24) is 5.32 Å². The lowest BCUT2D eigenvalue weighted by Crippen LogP contribution is -2.24. The van der Waals surface area contributed by atoms with Crippen LogP contribution < -0.4 is 5.32 Å². The number of carbonyl (C=O) groups is 2. The molecule has 68 valence electrons. The molecule has 0 aliphatic carbocycles. The van der Waals surface area contributed by atoms with E-state index in [0.717, 1.165) is 0 Å².